The molecule has 39 heavy (non-hydrogen) atoms. The zero-order chi connectivity index (χ0) is 27.5. The molecule has 2 N–H and O–H groups in total. The number of hydrogen-bond acceptors (Lipinski definition) is 8. The van der Waals surface area contributed by atoms with E-state index in [4.69, 9.17) is 13.6 Å². The third kappa shape index (κ3) is 5.34. The number of nitrogens with zero attached hydrogens (tertiary/aromatic N) is 4. The summed E-state index contributed by atoms with van der Waals surface area (Å²) in [5.74, 6) is 0.0190. The number of anilines is 3. The summed E-state index contributed by atoms with van der Waals surface area (Å²) in [5.41, 5.74) is 3.43. The molecule has 3 amide bonds. The highest BCUT2D eigenvalue weighted by molar-refractivity contribution is 6.02. The van der Waals surface area contributed by atoms with Gasteiger partial charge in [0.25, 0.3) is 5.91 Å². The fourth-order valence-corrected chi connectivity index (χ4v) is 4.09. The Balaban J connectivity index is 1.29. The Hall–Kier alpha value is -5.39. The second-order valence-electron chi connectivity index (χ2n) is 8.61. The van der Waals surface area contributed by atoms with Crippen LogP contribution in [0.5, 0.6) is 0 Å². The lowest BCUT2D eigenvalue weighted by atomic mass is 10.1. The summed E-state index contributed by atoms with van der Waals surface area (Å²) in [5, 5.41) is 6.31. The summed E-state index contributed by atoms with van der Waals surface area (Å²) in [4.78, 5) is 45.7. The molecular weight excluding hydrogens is 504 g/mol. The van der Waals surface area contributed by atoms with Crippen LogP contribution in [0.1, 0.15) is 6.92 Å². The standard InChI is InChI=1S/C27H24N6O6/c1-16(34)37-14-25(35)33(3)21-7-5-4-6-19(21)24-12-29-27(39-24)31-26(36)30-17-8-9-18-20(23-11-28-15-38-23)13-32(2)22(18)10-17/h4-13,15H,14H2,1-3H3,(H2,29,30,31,36). The maximum atomic E-state index is 12.7. The number of nitrogens with one attached hydrogen (secondary N) is 2. The largest absolute Gasteiger partial charge is 0.456 e. The van der Waals surface area contributed by atoms with Crippen molar-refractivity contribution in [3.05, 3.63) is 67.4 Å². The lowest BCUT2D eigenvalue weighted by Crippen LogP contribution is -2.31. The van der Waals surface area contributed by atoms with Crippen molar-refractivity contribution in [1.82, 2.24) is 14.5 Å². The van der Waals surface area contributed by atoms with Crippen LogP contribution in [0, 0.1) is 0 Å². The molecule has 0 bridgehead atoms. The molecule has 198 valence electrons. The van der Waals surface area contributed by atoms with Crippen LogP contribution in [0.15, 0.2) is 76.3 Å². The number of carbonyl (C=O) groups excluding carboxylic acids is 3. The summed E-state index contributed by atoms with van der Waals surface area (Å²) in [6.07, 6.45) is 6.41. The van der Waals surface area contributed by atoms with Gasteiger partial charge in [-0.05, 0) is 24.3 Å². The molecule has 12 heteroatoms. The van der Waals surface area contributed by atoms with Crippen LogP contribution in [0.2, 0.25) is 0 Å². The number of urea groups is 1. The van der Waals surface area contributed by atoms with E-state index >= 15 is 0 Å². The van der Waals surface area contributed by atoms with Gasteiger partial charge < -0.3 is 28.4 Å². The van der Waals surface area contributed by atoms with E-state index in [1.807, 2.05) is 29.9 Å². The fourth-order valence-electron chi connectivity index (χ4n) is 4.09. The number of esters is 1. The highest BCUT2D eigenvalue weighted by Gasteiger charge is 2.19. The number of ether oxygens (including phenoxy) is 1. The number of para-hydroxylation sites is 1. The third-order valence-corrected chi connectivity index (χ3v) is 5.98. The molecule has 0 fully saturated rings. The molecule has 2 aromatic carbocycles. The Kier molecular flexibility index (Phi) is 6.83. The van der Waals surface area contributed by atoms with Crippen molar-refractivity contribution in [3.63, 3.8) is 0 Å². The number of rotatable bonds is 7. The SMILES string of the molecule is CC(=O)OCC(=O)N(C)c1ccccc1-c1cnc(NC(=O)Nc2ccc3c(-c4cnco4)cn(C)c3c2)o1. The van der Waals surface area contributed by atoms with Gasteiger partial charge in [-0.15, -0.1) is 0 Å². The van der Waals surface area contributed by atoms with Crippen LogP contribution < -0.4 is 15.5 Å². The van der Waals surface area contributed by atoms with E-state index < -0.39 is 17.9 Å². The Morgan fingerprint density at radius 1 is 1.05 bits per heavy atom. The molecule has 3 aromatic heterocycles. The topological polar surface area (TPSA) is 145 Å². The first-order chi connectivity index (χ1) is 18.8. The normalized spacial score (nSPS) is 10.8. The summed E-state index contributed by atoms with van der Waals surface area (Å²) in [7, 11) is 3.46. The maximum Gasteiger partial charge on any atom is 0.327 e. The molecule has 0 radical (unpaired) electrons. The molecule has 0 saturated carbocycles. The fraction of sp³-hybridized carbons (Fsp3) is 0.148. The zero-order valence-electron chi connectivity index (χ0n) is 21.3. The summed E-state index contributed by atoms with van der Waals surface area (Å²) >= 11 is 0. The Bertz CT molecular complexity index is 1670. The minimum atomic E-state index is -0.547. The quantitative estimate of drug-likeness (QED) is 0.290. The summed E-state index contributed by atoms with van der Waals surface area (Å²) < 4.78 is 17.9. The number of aromatic nitrogens is 3. The van der Waals surface area contributed by atoms with E-state index in [1.165, 1.54) is 24.4 Å². The van der Waals surface area contributed by atoms with Gasteiger partial charge in [0.15, 0.2) is 24.5 Å². The molecule has 5 rings (SSSR count). The second-order valence-corrected chi connectivity index (χ2v) is 8.61. The predicted octanol–water partition coefficient (Wildman–Crippen LogP) is 4.66. The smallest absolute Gasteiger partial charge is 0.327 e. The number of aryl methyl sites for hydroxylation is 1. The molecule has 0 atom stereocenters. The average Bonchev–Trinajstić information content (AvgIpc) is 3.68. The maximum absolute atomic E-state index is 12.7. The Labute approximate surface area is 222 Å². The molecule has 5 aromatic rings. The van der Waals surface area contributed by atoms with Gasteiger partial charge in [-0.1, -0.05) is 18.2 Å². The molecule has 3 heterocycles. The highest BCUT2D eigenvalue weighted by atomic mass is 16.5. The molecule has 0 aliphatic rings. The van der Waals surface area contributed by atoms with Crippen molar-refractivity contribution in [2.75, 3.05) is 29.2 Å². The number of carbonyl (C=O) groups is 3. The second kappa shape index (κ2) is 10.5. The van der Waals surface area contributed by atoms with Crippen LogP contribution in [0.3, 0.4) is 0 Å². The van der Waals surface area contributed by atoms with Gasteiger partial charge in [0, 0.05) is 49.4 Å². The number of fused-ring (bicyclic) bond motifs is 1. The number of amides is 3. The molecule has 0 unspecified atom stereocenters. The van der Waals surface area contributed by atoms with Crippen molar-refractivity contribution in [3.8, 4) is 22.6 Å². The number of hydrogen-bond donors (Lipinski definition) is 2. The van der Waals surface area contributed by atoms with Crippen LogP contribution >= 0.6 is 0 Å². The molecule has 0 saturated heterocycles. The molecule has 0 spiro atoms. The number of benzene rings is 2. The first kappa shape index (κ1) is 25.3. The van der Waals surface area contributed by atoms with E-state index in [0.29, 0.717) is 28.5 Å². The van der Waals surface area contributed by atoms with Gasteiger partial charge in [-0.2, -0.15) is 0 Å². The molecule has 0 aliphatic carbocycles. The van der Waals surface area contributed by atoms with Crippen LogP contribution in [0.4, 0.5) is 22.2 Å². The van der Waals surface area contributed by atoms with Gasteiger partial charge in [-0.3, -0.25) is 14.9 Å². The van der Waals surface area contributed by atoms with Crippen LogP contribution in [-0.4, -0.2) is 46.1 Å². The van der Waals surface area contributed by atoms with Crippen molar-refractivity contribution in [2.45, 2.75) is 6.92 Å². The third-order valence-electron chi connectivity index (χ3n) is 5.98. The minimum absolute atomic E-state index is 0.0289. The van der Waals surface area contributed by atoms with E-state index in [1.54, 1.807) is 43.6 Å². The zero-order valence-corrected chi connectivity index (χ0v) is 21.3. The van der Waals surface area contributed by atoms with Crippen molar-refractivity contribution in [1.29, 1.82) is 0 Å². The van der Waals surface area contributed by atoms with Gasteiger partial charge in [0.2, 0.25) is 0 Å². The van der Waals surface area contributed by atoms with E-state index in [0.717, 1.165) is 16.5 Å². The van der Waals surface area contributed by atoms with Gasteiger partial charge in [0.1, 0.15) is 0 Å². The van der Waals surface area contributed by atoms with Crippen LogP contribution in [-0.2, 0) is 21.4 Å². The minimum Gasteiger partial charge on any atom is -0.456 e. The molecule has 0 aliphatic heterocycles. The Morgan fingerprint density at radius 2 is 1.87 bits per heavy atom. The summed E-state index contributed by atoms with van der Waals surface area (Å²) in [6.45, 7) is 0.843. The lowest BCUT2D eigenvalue weighted by molar-refractivity contribution is -0.145. The first-order valence-electron chi connectivity index (χ1n) is 11.8. The van der Waals surface area contributed by atoms with Crippen molar-refractivity contribution < 1.29 is 28.0 Å². The Morgan fingerprint density at radius 3 is 2.64 bits per heavy atom. The average molecular weight is 529 g/mol. The van der Waals surface area contributed by atoms with Gasteiger partial charge in [-0.25, -0.2) is 14.8 Å². The highest BCUT2D eigenvalue weighted by Crippen LogP contribution is 2.33. The van der Waals surface area contributed by atoms with Crippen LogP contribution in [0.25, 0.3) is 33.6 Å². The van der Waals surface area contributed by atoms with E-state index in [9.17, 15) is 14.4 Å². The molecule has 12 nitrogen and oxygen atoms in total. The lowest BCUT2D eigenvalue weighted by Gasteiger charge is -2.19. The van der Waals surface area contributed by atoms with Gasteiger partial charge >= 0.3 is 18.0 Å². The number of likely N-dealkylation sites (N-methyl/N-ethyl adjacent to an activating group) is 1. The van der Waals surface area contributed by atoms with Crippen molar-refractivity contribution >= 4 is 46.2 Å². The van der Waals surface area contributed by atoms with Gasteiger partial charge in [0.05, 0.1) is 23.6 Å². The summed E-state index contributed by atoms with van der Waals surface area (Å²) in [6, 6.07) is 11.9. The molecular formula is C27H24N6O6. The number of oxazole rings is 2. The van der Waals surface area contributed by atoms with Crippen molar-refractivity contribution in [2.24, 2.45) is 7.05 Å². The predicted molar refractivity (Wildman–Crippen MR) is 143 cm³/mol. The van der Waals surface area contributed by atoms with E-state index in [-0.39, 0.29) is 12.6 Å². The first-order valence-corrected chi connectivity index (χ1v) is 11.8. The van der Waals surface area contributed by atoms with E-state index in [2.05, 4.69) is 20.6 Å². The monoisotopic (exact) mass is 528 g/mol.